The highest BCUT2D eigenvalue weighted by Crippen LogP contribution is 2.18. The third-order valence-electron chi connectivity index (χ3n) is 2.30. The standard InChI is InChI=1S/C10H13NO6S2/c1-11(7-10(12)13)19(16,17)9-5-3-4-8(6-9)18(2,14)15/h3-6H,7H2,1-2H3,(H,12,13). The van der Waals surface area contributed by atoms with Crippen LogP contribution in [0.3, 0.4) is 0 Å². The minimum atomic E-state index is -4.03. The van der Waals surface area contributed by atoms with Gasteiger partial charge in [0.2, 0.25) is 10.0 Å². The number of hydrogen-bond acceptors (Lipinski definition) is 5. The summed E-state index contributed by atoms with van der Waals surface area (Å²) in [6, 6.07) is 4.77. The maximum absolute atomic E-state index is 12.0. The number of benzene rings is 1. The van der Waals surface area contributed by atoms with Crippen molar-refractivity contribution in [3.05, 3.63) is 24.3 Å². The van der Waals surface area contributed by atoms with Gasteiger partial charge in [-0.3, -0.25) is 4.79 Å². The van der Waals surface area contributed by atoms with E-state index in [1.807, 2.05) is 0 Å². The molecule has 0 radical (unpaired) electrons. The number of nitrogens with zero attached hydrogens (tertiary/aromatic N) is 1. The fourth-order valence-electron chi connectivity index (χ4n) is 1.32. The van der Waals surface area contributed by atoms with Crippen molar-refractivity contribution >= 4 is 25.8 Å². The number of carboxylic acids is 1. The molecule has 0 saturated heterocycles. The monoisotopic (exact) mass is 307 g/mol. The first-order valence-electron chi connectivity index (χ1n) is 5.03. The number of carboxylic acid groups (broad SMARTS) is 1. The molecule has 0 heterocycles. The summed E-state index contributed by atoms with van der Waals surface area (Å²) in [5, 5.41) is 8.58. The summed E-state index contributed by atoms with van der Waals surface area (Å²) in [7, 11) is -6.45. The van der Waals surface area contributed by atoms with Crippen molar-refractivity contribution in [3.63, 3.8) is 0 Å². The first kappa shape index (κ1) is 15.6. The second kappa shape index (κ2) is 5.27. The summed E-state index contributed by atoms with van der Waals surface area (Å²) in [5.41, 5.74) is 0. The summed E-state index contributed by atoms with van der Waals surface area (Å²) in [6.07, 6.45) is 0.958. The first-order valence-corrected chi connectivity index (χ1v) is 8.36. The van der Waals surface area contributed by atoms with Gasteiger partial charge in [0.25, 0.3) is 0 Å². The lowest BCUT2D eigenvalue weighted by Crippen LogP contribution is -2.32. The van der Waals surface area contributed by atoms with Crippen LogP contribution < -0.4 is 0 Å². The van der Waals surface area contributed by atoms with Gasteiger partial charge in [-0.2, -0.15) is 4.31 Å². The molecule has 1 aromatic rings. The molecule has 0 aliphatic carbocycles. The van der Waals surface area contributed by atoms with Crippen LogP contribution in [0.25, 0.3) is 0 Å². The normalized spacial score (nSPS) is 12.6. The van der Waals surface area contributed by atoms with Crippen molar-refractivity contribution in [1.29, 1.82) is 0 Å². The Morgan fingerprint density at radius 3 is 2.21 bits per heavy atom. The van der Waals surface area contributed by atoms with E-state index in [9.17, 15) is 21.6 Å². The van der Waals surface area contributed by atoms with Crippen LogP contribution in [0.1, 0.15) is 0 Å². The zero-order valence-electron chi connectivity index (χ0n) is 10.3. The molecule has 0 aliphatic rings. The van der Waals surface area contributed by atoms with Gasteiger partial charge in [0.05, 0.1) is 9.79 Å². The van der Waals surface area contributed by atoms with Crippen molar-refractivity contribution in [2.75, 3.05) is 19.8 Å². The average Bonchev–Trinajstić information content (AvgIpc) is 2.27. The zero-order valence-corrected chi connectivity index (χ0v) is 11.9. The Morgan fingerprint density at radius 2 is 1.74 bits per heavy atom. The molecular formula is C10H13NO6S2. The molecule has 0 spiro atoms. The third-order valence-corrected chi connectivity index (χ3v) is 5.21. The maximum atomic E-state index is 12.0. The molecule has 0 amide bonds. The largest absolute Gasteiger partial charge is 0.480 e. The quantitative estimate of drug-likeness (QED) is 0.806. The predicted molar refractivity (Wildman–Crippen MR) is 67.0 cm³/mol. The number of sulfone groups is 1. The number of hydrogen-bond donors (Lipinski definition) is 1. The summed E-state index contributed by atoms with van der Waals surface area (Å²) < 4.78 is 47.4. The Balaban J connectivity index is 3.27. The van der Waals surface area contributed by atoms with E-state index in [1.165, 1.54) is 18.2 Å². The SMILES string of the molecule is CN(CC(=O)O)S(=O)(=O)c1cccc(S(C)(=O)=O)c1. The fraction of sp³-hybridized carbons (Fsp3) is 0.300. The number of sulfonamides is 1. The minimum absolute atomic E-state index is 0.141. The maximum Gasteiger partial charge on any atom is 0.318 e. The van der Waals surface area contributed by atoms with E-state index in [-0.39, 0.29) is 9.79 Å². The van der Waals surface area contributed by atoms with Crippen LogP contribution in [0.4, 0.5) is 0 Å². The molecule has 0 bridgehead atoms. The topological polar surface area (TPSA) is 109 Å². The molecule has 0 saturated carbocycles. The molecule has 1 N–H and O–H groups in total. The van der Waals surface area contributed by atoms with Crippen molar-refractivity contribution in [3.8, 4) is 0 Å². The summed E-state index contributed by atoms with van der Waals surface area (Å²) in [5.74, 6) is -1.30. The molecule has 0 atom stereocenters. The lowest BCUT2D eigenvalue weighted by molar-refractivity contribution is -0.137. The van der Waals surface area contributed by atoms with Crippen LogP contribution in [-0.2, 0) is 24.7 Å². The Bertz CT molecular complexity index is 692. The number of carbonyl (C=O) groups is 1. The van der Waals surface area contributed by atoms with Gasteiger partial charge < -0.3 is 5.11 Å². The summed E-state index contributed by atoms with van der Waals surface area (Å²) in [4.78, 5) is 10.1. The molecule has 0 aromatic heterocycles. The van der Waals surface area contributed by atoms with Crippen LogP contribution in [0.2, 0.25) is 0 Å². The lowest BCUT2D eigenvalue weighted by Gasteiger charge is -2.15. The van der Waals surface area contributed by atoms with Gasteiger partial charge in [0, 0.05) is 13.3 Å². The van der Waals surface area contributed by atoms with Crippen LogP contribution in [0.5, 0.6) is 0 Å². The number of rotatable bonds is 5. The number of aliphatic carboxylic acids is 1. The van der Waals surface area contributed by atoms with E-state index < -0.39 is 32.4 Å². The molecular weight excluding hydrogens is 294 g/mol. The van der Waals surface area contributed by atoms with Gasteiger partial charge in [0.15, 0.2) is 9.84 Å². The van der Waals surface area contributed by atoms with Gasteiger partial charge in [-0.25, -0.2) is 16.8 Å². The highest BCUT2D eigenvalue weighted by atomic mass is 32.2. The molecule has 7 nitrogen and oxygen atoms in total. The van der Waals surface area contributed by atoms with Gasteiger partial charge in [-0.05, 0) is 18.2 Å². The summed E-state index contributed by atoms with van der Waals surface area (Å²) in [6.45, 7) is -0.703. The minimum Gasteiger partial charge on any atom is -0.480 e. The van der Waals surface area contributed by atoms with Crippen molar-refractivity contribution in [1.82, 2.24) is 4.31 Å². The smallest absolute Gasteiger partial charge is 0.318 e. The van der Waals surface area contributed by atoms with E-state index in [2.05, 4.69) is 0 Å². The molecule has 0 unspecified atom stereocenters. The first-order chi connectivity index (χ1) is 8.55. The highest BCUT2D eigenvalue weighted by Gasteiger charge is 2.23. The van der Waals surface area contributed by atoms with Gasteiger partial charge in [-0.15, -0.1) is 0 Å². The van der Waals surface area contributed by atoms with E-state index in [1.54, 1.807) is 0 Å². The zero-order chi connectivity index (χ0) is 14.8. The van der Waals surface area contributed by atoms with Gasteiger partial charge in [0.1, 0.15) is 6.54 Å². The van der Waals surface area contributed by atoms with Crippen molar-refractivity contribution < 1.29 is 26.7 Å². The number of likely N-dealkylation sites (N-methyl/N-ethyl adjacent to an activating group) is 1. The predicted octanol–water partition coefficient (Wildman–Crippen LogP) is -0.205. The Morgan fingerprint density at radius 1 is 1.21 bits per heavy atom. The van der Waals surface area contributed by atoms with E-state index in [0.29, 0.717) is 4.31 Å². The van der Waals surface area contributed by atoms with Crippen LogP contribution in [-0.4, -0.2) is 52.1 Å². The van der Waals surface area contributed by atoms with Crippen LogP contribution in [0.15, 0.2) is 34.1 Å². The fourth-order valence-corrected chi connectivity index (χ4v) is 3.23. The Hall–Kier alpha value is -1.45. The third kappa shape index (κ3) is 3.75. The Labute approximate surface area is 111 Å². The highest BCUT2D eigenvalue weighted by molar-refractivity contribution is 7.91. The van der Waals surface area contributed by atoms with Crippen molar-refractivity contribution in [2.45, 2.75) is 9.79 Å². The van der Waals surface area contributed by atoms with Gasteiger partial charge in [-0.1, -0.05) is 6.07 Å². The van der Waals surface area contributed by atoms with E-state index in [4.69, 9.17) is 5.11 Å². The van der Waals surface area contributed by atoms with E-state index in [0.717, 1.165) is 19.4 Å². The van der Waals surface area contributed by atoms with Crippen molar-refractivity contribution in [2.24, 2.45) is 0 Å². The summed E-state index contributed by atoms with van der Waals surface area (Å²) >= 11 is 0. The van der Waals surface area contributed by atoms with E-state index >= 15 is 0 Å². The Kier molecular flexibility index (Phi) is 4.33. The lowest BCUT2D eigenvalue weighted by atomic mass is 10.4. The molecule has 1 aromatic carbocycles. The molecule has 1 rings (SSSR count). The molecule has 9 heteroatoms. The average molecular weight is 307 g/mol. The second-order valence-electron chi connectivity index (χ2n) is 3.90. The van der Waals surface area contributed by atoms with Crippen LogP contribution >= 0.6 is 0 Å². The molecule has 0 fully saturated rings. The molecule has 0 aliphatic heterocycles. The van der Waals surface area contributed by atoms with Gasteiger partial charge >= 0.3 is 5.97 Å². The molecule has 106 valence electrons. The van der Waals surface area contributed by atoms with Crippen LogP contribution in [0, 0.1) is 0 Å². The second-order valence-corrected chi connectivity index (χ2v) is 7.96. The molecule has 19 heavy (non-hydrogen) atoms.